The van der Waals surface area contributed by atoms with Gasteiger partial charge in [-0.2, -0.15) is 13.2 Å². The lowest BCUT2D eigenvalue weighted by atomic mass is 10.0. The molecule has 1 aromatic carbocycles. The highest BCUT2D eigenvalue weighted by molar-refractivity contribution is 5.33. The van der Waals surface area contributed by atoms with E-state index < -0.39 is 23.6 Å². The van der Waals surface area contributed by atoms with Gasteiger partial charge in [0, 0.05) is 6.42 Å². The SMILES string of the molecule is NNC(C1=CCCO1)c1ccc(F)c(C(F)(F)F)c1. The molecule has 0 amide bonds. The highest BCUT2D eigenvalue weighted by atomic mass is 19.4. The summed E-state index contributed by atoms with van der Waals surface area (Å²) < 4.78 is 56.4. The molecule has 3 nitrogen and oxygen atoms in total. The molecule has 1 heterocycles. The number of nitrogens with two attached hydrogens (primary N) is 1. The van der Waals surface area contributed by atoms with Crippen LogP contribution in [0.25, 0.3) is 0 Å². The molecular weight excluding hydrogens is 264 g/mol. The Bertz CT molecular complexity index is 499. The highest BCUT2D eigenvalue weighted by Gasteiger charge is 2.35. The Morgan fingerprint density at radius 2 is 2.05 bits per heavy atom. The monoisotopic (exact) mass is 276 g/mol. The van der Waals surface area contributed by atoms with Gasteiger partial charge in [0.2, 0.25) is 0 Å². The molecule has 2 rings (SSSR count). The second-order valence-electron chi connectivity index (χ2n) is 4.08. The van der Waals surface area contributed by atoms with E-state index in [2.05, 4.69) is 5.43 Å². The fraction of sp³-hybridized carbons (Fsp3) is 0.333. The number of rotatable bonds is 3. The van der Waals surface area contributed by atoms with Crippen LogP contribution in [0.5, 0.6) is 0 Å². The van der Waals surface area contributed by atoms with E-state index in [9.17, 15) is 17.6 Å². The highest BCUT2D eigenvalue weighted by Crippen LogP contribution is 2.34. The number of hydrogen-bond donors (Lipinski definition) is 2. The molecule has 1 unspecified atom stereocenters. The van der Waals surface area contributed by atoms with Gasteiger partial charge in [0.15, 0.2) is 0 Å². The molecule has 1 atom stereocenters. The number of halogens is 4. The molecule has 1 aliphatic rings. The van der Waals surface area contributed by atoms with Crippen LogP contribution >= 0.6 is 0 Å². The molecule has 7 heteroatoms. The van der Waals surface area contributed by atoms with Crippen molar-refractivity contribution < 1.29 is 22.3 Å². The summed E-state index contributed by atoms with van der Waals surface area (Å²) in [5, 5.41) is 0. The summed E-state index contributed by atoms with van der Waals surface area (Å²) in [4.78, 5) is 0. The molecule has 0 saturated carbocycles. The molecule has 0 fully saturated rings. The van der Waals surface area contributed by atoms with E-state index in [1.807, 2.05) is 0 Å². The lowest BCUT2D eigenvalue weighted by molar-refractivity contribution is -0.140. The molecule has 1 aliphatic heterocycles. The molecule has 0 aromatic heterocycles. The van der Waals surface area contributed by atoms with Gasteiger partial charge in [0.05, 0.1) is 12.2 Å². The summed E-state index contributed by atoms with van der Waals surface area (Å²) in [6, 6.07) is 2.04. The van der Waals surface area contributed by atoms with Crippen molar-refractivity contribution in [3.05, 3.63) is 47.0 Å². The largest absolute Gasteiger partial charge is 0.496 e. The van der Waals surface area contributed by atoms with E-state index >= 15 is 0 Å². The van der Waals surface area contributed by atoms with Crippen LogP contribution in [-0.4, -0.2) is 6.61 Å². The van der Waals surface area contributed by atoms with Crippen molar-refractivity contribution in [3.8, 4) is 0 Å². The zero-order chi connectivity index (χ0) is 14.0. The van der Waals surface area contributed by atoms with Gasteiger partial charge in [-0.05, 0) is 23.8 Å². The summed E-state index contributed by atoms with van der Waals surface area (Å²) in [5.74, 6) is 4.47. The van der Waals surface area contributed by atoms with Crippen LogP contribution in [0.15, 0.2) is 30.0 Å². The second-order valence-corrected chi connectivity index (χ2v) is 4.08. The first-order valence-corrected chi connectivity index (χ1v) is 5.59. The number of hydrogen-bond acceptors (Lipinski definition) is 3. The van der Waals surface area contributed by atoms with E-state index in [4.69, 9.17) is 10.6 Å². The smallest absolute Gasteiger partial charge is 0.419 e. The molecule has 3 N–H and O–H groups in total. The zero-order valence-corrected chi connectivity index (χ0v) is 9.80. The van der Waals surface area contributed by atoms with Crippen LogP contribution in [-0.2, 0) is 10.9 Å². The third-order valence-corrected chi connectivity index (χ3v) is 2.81. The summed E-state index contributed by atoms with van der Waals surface area (Å²) in [7, 11) is 0. The number of alkyl halides is 3. The fourth-order valence-corrected chi connectivity index (χ4v) is 1.92. The van der Waals surface area contributed by atoms with E-state index in [1.165, 1.54) is 6.07 Å². The molecular formula is C12H12F4N2O. The van der Waals surface area contributed by atoms with Gasteiger partial charge >= 0.3 is 6.18 Å². The van der Waals surface area contributed by atoms with Crippen molar-refractivity contribution in [3.63, 3.8) is 0 Å². The van der Waals surface area contributed by atoms with Gasteiger partial charge in [-0.15, -0.1) is 0 Å². The number of nitrogens with one attached hydrogen (secondary N) is 1. The maximum atomic E-state index is 13.2. The van der Waals surface area contributed by atoms with E-state index in [0.717, 1.165) is 12.1 Å². The first-order valence-electron chi connectivity index (χ1n) is 5.59. The lowest BCUT2D eigenvalue weighted by Gasteiger charge is -2.19. The van der Waals surface area contributed by atoms with Crippen LogP contribution in [0.4, 0.5) is 17.6 Å². The lowest BCUT2D eigenvalue weighted by Crippen LogP contribution is -2.30. The number of ether oxygens (including phenoxy) is 1. The summed E-state index contributed by atoms with van der Waals surface area (Å²) in [5.41, 5.74) is 1.26. The number of hydrazine groups is 1. The third kappa shape index (κ3) is 2.87. The van der Waals surface area contributed by atoms with E-state index in [1.54, 1.807) is 6.08 Å². The van der Waals surface area contributed by atoms with Crippen LogP contribution < -0.4 is 11.3 Å². The predicted molar refractivity (Wildman–Crippen MR) is 60.1 cm³/mol. The van der Waals surface area contributed by atoms with Gasteiger partial charge in [-0.1, -0.05) is 6.07 Å². The quantitative estimate of drug-likeness (QED) is 0.507. The Balaban J connectivity index is 2.39. The standard InChI is InChI=1S/C12H12F4N2O/c13-9-4-3-7(6-8(9)12(14,15)16)11(18-17)10-2-1-5-19-10/h2-4,6,11,18H,1,5,17H2. The Hall–Kier alpha value is -1.60. The minimum atomic E-state index is -4.75. The Labute approximate surface area is 107 Å². The normalized spacial score (nSPS) is 17.0. The van der Waals surface area contributed by atoms with Crippen molar-refractivity contribution in [2.45, 2.75) is 18.6 Å². The summed E-state index contributed by atoms with van der Waals surface area (Å²) >= 11 is 0. The van der Waals surface area contributed by atoms with Crippen molar-refractivity contribution in [1.29, 1.82) is 0 Å². The Morgan fingerprint density at radius 3 is 2.58 bits per heavy atom. The minimum absolute atomic E-state index is 0.198. The first kappa shape index (κ1) is 13.8. The average Bonchev–Trinajstić information content (AvgIpc) is 2.84. The average molecular weight is 276 g/mol. The van der Waals surface area contributed by atoms with Gasteiger partial charge in [0.1, 0.15) is 17.6 Å². The summed E-state index contributed by atoms with van der Waals surface area (Å²) in [6.45, 7) is 0.459. The van der Waals surface area contributed by atoms with Crippen LogP contribution in [0, 0.1) is 5.82 Å². The zero-order valence-electron chi connectivity index (χ0n) is 9.80. The molecule has 0 spiro atoms. The second kappa shape index (κ2) is 5.18. The Morgan fingerprint density at radius 1 is 1.32 bits per heavy atom. The topological polar surface area (TPSA) is 47.3 Å². The Kier molecular flexibility index (Phi) is 3.77. The van der Waals surface area contributed by atoms with Gasteiger partial charge in [-0.3, -0.25) is 5.84 Å². The maximum Gasteiger partial charge on any atom is 0.419 e. The molecule has 1 aromatic rings. The van der Waals surface area contributed by atoms with Crippen molar-refractivity contribution >= 4 is 0 Å². The fourth-order valence-electron chi connectivity index (χ4n) is 1.92. The van der Waals surface area contributed by atoms with Crippen LogP contribution in [0.2, 0.25) is 0 Å². The maximum absolute atomic E-state index is 13.2. The van der Waals surface area contributed by atoms with Crippen molar-refractivity contribution in [2.24, 2.45) is 5.84 Å². The molecule has 0 radical (unpaired) electrons. The van der Waals surface area contributed by atoms with Crippen LogP contribution in [0.1, 0.15) is 23.6 Å². The molecule has 0 bridgehead atoms. The molecule has 19 heavy (non-hydrogen) atoms. The van der Waals surface area contributed by atoms with E-state index in [-0.39, 0.29) is 5.56 Å². The summed E-state index contributed by atoms with van der Waals surface area (Å²) in [6.07, 6.45) is -2.34. The number of benzene rings is 1. The van der Waals surface area contributed by atoms with Gasteiger partial charge < -0.3 is 4.74 Å². The van der Waals surface area contributed by atoms with Crippen molar-refractivity contribution in [1.82, 2.24) is 5.43 Å². The molecule has 0 aliphatic carbocycles. The first-order chi connectivity index (χ1) is 8.93. The van der Waals surface area contributed by atoms with Gasteiger partial charge in [0.25, 0.3) is 0 Å². The molecule has 0 saturated heterocycles. The van der Waals surface area contributed by atoms with E-state index in [0.29, 0.717) is 18.8 Å². The van der Waals surface area contributed by atoms with Crippen molar-refractivity contribution in [2.75, 3.05) is 6.61 Å². The van der Waals surface area contributed by atoms with Gasteiger partial charge in [-0.25, -0.2) is 9.82 Å². The van der Waals surface area contributed by atoms with Crippen LogP contribution in [0.3, 0.4) is 0 Å². The minimum Gasteiger partial charge on any atom is -0.496 e. The molecule has 104 valence electrons. The third-order valence-electron chi connectivity index (χ3n) is 2.81. The predicted octanol–water partition coefficient (Wildman–Crippen LogP) is 2.65.